The number of fused-ring (bicyclic) bond motifs is 1. The smallest absolute Gasteiger partial charge is 0.0667 e. The molecule has 4 rings (SSSR count). The Hall–Kier alpha value is -2.72. The normalized spacial score (nSPS) is 16.1. The van der Waals surface area contributed by atoms with E-state index in [1.807, 2.05) is 29.2 Å². The lowest BCUT2D eigenvalue weighted by Gasteiger charge is -2.22. The molecule has 0 radical (unpaired) electrons. The Labute approximate surface area is 154 Å². The summed E-state index contributed by atoms with van der Waals surface area (Å²) in [6, 6.07) is 8.64. The zero-order valence-corrected chi connectivity index (χ0v) is 15.6. The van der Waals surface area contributed by atoms with Gasteiger partial charge in [0.2, 0.25) is 0 Å². The maximum Gasteiger partial charge on any atom is 0.0667 e. The van der Waals surface area contributed by atoms with Crippen LogP contribution in [0.3, 0.4) is 0 Å². The van der Waals surface area contributed by atoms with Gasteiger partial charge in [-0.2, -0.15) is 5.10 Å². The lowest BCUT2D eigenvalue weighted by Crippen LogP contribution is -2.23. The van der Waals surface area contributed by atoms with Crippen molar-refractivity contribution in [2.45, 2.75) is 20.3 Å². The third-order valence-corrected chi connectivity index (χ3v) is 5.16. The van der Waals surface area contributed by atoms with Crippen LogP contribution in [0.15, 0.2) is 55.0 Å². The zero-order chi connectivity index (χ0) is 18.1. The highest BCUT2D eigenvalue weighted by Gasteiger charge is 2.14. The number of aryl methyl sites for hydroxylation is 1. The number of hydrogen-bond acceptors (Lipinski definition) is 3. The highest BCUT2D eigenvalue weighted by molar-refractivity contribution is 5.83. The van der Waals surface area contributed by atoms with Gasteiger partial charge in [0.05, 0.1) is 5.52 Å². The summed E-state index contributed by atoms with van der Waals surface area (Å²) in [4.78, 5) is 7.04. The number of hydrogen-bond donors (Lipinski definition) is 0. The molecule has 132 valence electrons. The molecule has 4 heterocycles. The van der Waals surface area contributed by atoms with Crippen molar-refractivity contribution in [3.05, 3.63) is 77.4 Å². The molecule has 4 nitrogen and oxygen atoms in total. The summed E-state index contributed by atoms with van der Waals surface area (Å²) >= 11 is 0. The van der Waals surface area contributed by atoms with Gasteiger partial charge in [0, 0.05) is 42.9 Å². The first-order valence-corrected chi connectivity index (χ1v) is 9.11. The average Bonchev–Trinajstić information content (AvgIpc) is 3.12. The van der Waals surface area contributed by atoms with E-state index < -0.39 is 0 Å². The fourth-order valence-corrected chi connectivity index (χ4v) is 3.58. The van der Waals surface area contributed by atoms with Crippen molar-refractivity contribution in [1.29, 1.82) is 0 Å². The van der Waals surface area contributed by atoms with E-state index in [1.54, 1.807) is 0 Å². The lowest BCUT2D eigenvalue weighted by atomic mass is 9.93. The highest BCUT2D eigenvalue weighted by atomic mass is 15.2. The van der Waals surface area contributed by atoms with Gasteiger partial charge in [-0.3, -0.25) is 4.98 Å². The molecule has 1 aliphatic heterocycles. The topological polar surface area (TPSA) is 33.4 Å². The molecule has 1 aliphatic rings. The largest absolute Gasteiger partial charge is 0.302 e. The maximum absolute atomic E-state index is 4.71. The van der Waals surface area contributed by atoms with E-state index in [1.165, 1.54) is 27.8 Å². The average molecular weight is 344 g/mol. The van der Waals surface area contributed by atoms with E-state index in [4.69, 9.17) is 4.98 Å². The van der Waals surface area contributed by atoms with Crippen LogP contribution in [0.2, 0.25) is 0 Å². The monoisotopic (exact) mass is 344 g/mol. The van der Waals surface area contributed by atoms with Crippen LogP contribution in [0.5, 0.6) is 0 Å². The summed E-state index contributed by atoms with van der Waals surface area (Å²) < 4.78 is 1.89. The second-order valence-electron chi connectivity index (χ2n) is 6.92. The van der Waals surface area contributed by atoms with Gasteiger partial charge in [-0.1, -0.05) is 12.2 Å². The van der Waals surface area contributed by atoms with Crippen molar-refractivity contribution in [1.82, 2.24) is 19.5 Å². The minimum absolute atomic E-state index is 1.01. The molecular formula is C22H24N4. The molecule has 0 fully saturated rings. The number of rotatable bonds is 3. The third kappa shape index (κ3) is 3.08. The van der Waals surface area contributed by atoms with E-state index in [0.717, 1.165) is 30.7 Å². The Morgan fingerprint density at radius 2 is 2.12 bits per heavy atom. The molecule has 0 saturated heterocycles. The summed E-state index contributed by atoms with van der Waals surface area (Å²) in [5.41, 5.74) is 8.41. The Balaban J connectivity index is 1.76. The van der Waals surface area contributed by atoms with Crippen LogP contribution < -0.4 is 0 Å². The molecular weight excluding hydrogens is 320 g/mol. The number of allylic oxidation sites excluding steroid dienone is 1. The van der Waals surface area contributed by atoms with Gasteiger partial charge < -0.3 is 4.90 Å². The number of nitrogens with zero attached hydrogens (tertiary/aromatic N) is 4. The highest BCUT2D eigenvalue weighted by Crippen LogP contribution is 2.30. The van der Waals surface area contributed by atoms with Gasteiger partial charge in [0.25, 0.3) is 0 Å². The van der Waals surface area contributed by atoms with Crippen LogP contribution in [-0.4, -0.2) is 39.6 Å². The number of likely N-dealkylation sites (N-methyl/N-ethyl adjacent to an activating group) is 1. The number of aromatic nitrogens is 3. The zero-order valence-electron chi connectivity index (χ0n) is 15.6. The van der Waals surface area contributed by atoms with Crippen molar-refractivity contribution in [3.63, 3.8) is 0 Å². The molecule has 0 bridgehead atoms. The van der Waals surface area contributed by atoms with Gasteiger partial charge in [0.15, 0.2) is 0 Å². The van der Waals surface area contributed by atoms with E-state index >= 15 is 0 Å². The molecule has 0 aromatic carbocycles. The third-order valence-electron chi connectivity index (χ3n) is 5.16. The van der Waals surface area contributed by atoms with E-state index in [-0.39, 0.29) is 0 Å². The second kappa shape index (κ2) is 6.89. The summed E-state index contributed by atoms with van der Waals surface area (Å²) in [7, 11) is 2.16. The molecule has 0 amide bonds. The summed E-state index contributed by atoms with van der Waals surface area (Å²) in [6.07, 6.45) is 11.4. The predicted molar refractivity (Wildman–Crippen MR) is 107 cm³/mol. The van der Waals surface area contributed by atoms with Gasteiger partial charge in [-0.25, -0.2) is 4.52 Å². The number of pyridine rings is 2. The van der Waals surface area contributed by atoms with Crippen LogP contribution >= 0.6 is 0 Å². The summed E-state index contributed by atoms with van der Waals surface area (Å²) in [6.45, 7) is 6.29. The SMILES string of the molecule is C/C=C(/c1ccn2nccc2c1)c1cc(C2=CCN(C)CC2)cnc1C. The van der Waals surface area contributed by atoms with Crippen molar-refractivity contribution in [2.75, 3.05) is 20.1 Å². The molecule has 0 aliphatic carbocycles. The van der Waals surface area contributed by atoms with Crippen LogP contribution in [0.4, 0.5) is 0 Å². The Morgan fingerprint density at radius 1 is 1.23 bits per heavy atom. The fourth-order valence-electron chi connectivity index (χ4n) is 3.58. The van der Waals surface area contributed by atoms with Gasteiger partial charge in [0.1, 0.15) is 0 Å². The first-order valence-electron chi connectivity index (χ1n) is 9.11. The Kier molecular flexibility index (Phi) is 4.43. The van der Waals surface area contributed by atoms with Crippen LogP contribution in [-0.2, 0) is 0 Å². The first kappa shape index (κ1) is 16.7. The lowest BCUT2D eigenvalue weighted by molar-refractivity contribution is 0.370. The minimum Gasteiger partial charge on any atom is -0.302 e. The second-order valence-corrected chi connectivity index (χ2v) is 6.92. The fraction of sp³-hybridized carbons (Fsp3) is 0.273. The molecule has 0 saturated carbocycles. The van der Waals surface area contributed by atoms with Crippen LogP contribution in [0.1, 0.15) is 35.7 Å². The van der Waals surface area contributed by atoms with Crippen LogP contribution in [0.25, 0.3) is 16.7 Å². The Bertz CT molecular complexity index is 1010. The van der Waals surface area contributed by atoms with Gasteiger partial charge in [-0.15, -0.1) is 0 Å². The quantitative estimate of drug-likeness (QED) is 0.714. The molecule has 0 spiro atoms. The summed E-state index contributed by atoms with van der Waals surface area (Å²) in [5, 5.41) is 4.29. The van der Waals surface area contributed by atoms with Crippen molar-refractivity contribution in [3.8, 4) is 0 Å². The standard InChI is InChI=1S/C22H24N4/c1-4-21(18-8-12-26-20(13-18)5-9-24-26)22-14-19(15-23-16(22)2)17-6-10-25(3)11-7-17/h4-6,8-9,12-15H,7,10-11H2,1-3H3/b21-4-. The van der Waals surface area contributed by atoms with Gasteiger partial charge >= 0.3 is 0 Å². The minimum atomic E-state index is 1.01. The maximum atomic E-state index is 4.71. The van der Waals surface area contributed by atoms with Crippen molar-refractivity contribution >= 4 is 16.7 Å². The molecule has 26 heavy (non-hydrogen) atoms. The van der Waals surface area contributed by atoms with Crippen molar-refractivity contribution in [2.24, 2.45) is 0 Å². The molecule has 3 aromatic rings. The molecule has 0 unspecified atom stereocenters. The van der Waals surface area contributed by atoms with Gasteiger partial charge in [-0.05, 0) is 73.9 Å². The predicted octanol–water partition coefficient (Wildman–Crippen LogP) is 4.21. The van der Waals surface area contributed by atoms with E-state index in [2.05, 4.69) is 61.2 Å². The summed E-state index contributed by atoms with van der Waals surface area (Å²) in [5.74, 6) is 0. The first-order chi connectivity index (χ1) is 12.7. The Morgan fingerprint density at radius 3 is 2.88 bits per heavy atom. The molecule has 0 N–H and O–H groups in total. The molecule has 4 heteroatoms. The van der Waals surface area contributed by atoms with E-state index in [0.29, 0.717) is 0 Å². The van der Waals surface area contributed by atoms with Crippen molar-refractivity contribution < 1.29 is 0 Å². The molecule has 3 aromatic heterocycles. The molecule has 0 atom stereocenters. The van der Waals surface area contributed by atoms with E-state index in [9.17, 15) is 0 Å². The van der Waals surface area contributed by atoms with Crippen LogP contribution in [0, 0.1) is 6.92 Å².